The van der Waals surface area contributed by atoms with E-state index in [9.17, 15) is 13.6 Å². The molecule has 3 aromatic heterocycles. The Kier molecular flexibility index (Phi) is 4.68. The Labute approximate surface area is 156 Å². The number of oxazole rings is 1. The zero-order valence-corrected chi connectivity index (χ0v) is 14.8. The summed E-state index contributed by atoms with van der Waals surface area (Å²) >= 11 is 1.52. The molecule has 0 atom stereocenters. The number of rotatable bonds is 6. The molecule has 0 aliphatic heterocycles. The normalized spacial score (nSPS) is 11.2. The van der Waals surface area contributed by atoms with Gasteiger partial charge in [0.15, 0.2) is 16.6 Å². The van der Waals surface area contributed by atoms with Crippen LogP contribution in [0.4, 0.5) is 8.78 Å². The van der Waals surface area contributed by atoms with Gasteiger partial charge in [0.25, 0.3) is 0 Å². The zero-order valence-electron chi connectivity index (χ0n) is 14.0. The molecule has 0 saturated carbocycles. The lowest BCUT2D eigenvalue weighted by molar-refractivity contribution is -0.121. The van der Waals surface area contributed by atoms with Gasteiger partial charge in [-0.25, -0.2) is 18.7 Å². The molecule has 27 heavy (non-hydrogen) atoms. The maximum atomic E-state index is 13.8. The fourth-order valence-electron chi connectivity index (χ4n) is 2.60. The van der Waals surface area contributed by atoms with Gasteiger partial charge in [0.05, 0.1) is 24.0 Å². The summed E-state index contributed by atoms with van der Waals surface area (Å²) < 4.78 is 34.1. The highest BCUT2D eigenvalue weighted by atomic mass is 32.1. The van der Waals surface area contributed by atoms with Crippen LogP contribution in [0.3, 0.4) is 0 Å². The number of hydrogen-bond donors (Lipinski definition) is 1. The van der Waals surface area contributed by atoms with Gasteiger partial charge in [-0.05, 0) is 12.1 Å². The minimum atomic E-state index is -0.726. The summed E-state index contributed by atoms with van der Waals surface area (Å²) in [5, 5.41) is 4.73. The third-order valence-corrected chi connectivity index (χ3v) is 4.70. The van der Waals surface area contributed by atoms with Gasteiger partial charge in [-0.1, -0.05) is 0 Å². The third kappa shape index (κ3) is 3.87. The summed E-state index contributed by atoms with van der Waals surface area (Å²) in [6, 6.07) is 3.22. The topological polar surface area (TPSA) is 72.4 Å². The van der Waals surface area contributed by atoms with Crippen molar-refractivity contribution in [2.75, 3.05) is 0 Å². The minimum absolute atomic E-state index is 0.124. The Bertz CT molecular complexity index is 1070. The molecule has 0 aliphatic rings. The van der Waals surface area contributed by atoms with E-state index in [0.29, 0.717) is 12.4 Å². The number of fused-ring (bicyclic) bond motifs is 1. The lowest BCUT2D eigenvalue weighted by atomic mass is 10.2. The molecule has 1 N–H and O–H groups in total. The van der Waals surface area contributed by atoms with E-state index in [1.165, 1.54) is 23.6 Å². The van der Waals surface area contributed by atoms with E-state index >= 15 is 0 Å². The van der Waals surface area contributed by atoms with Crippen LogP contribution in [0.2, 0.25) is 0 Å². The first-order valence-electron chi connectivity index (χ1n) is 8.16. The second kappa shape index (κ2) is 7.28. The van der Waals surface area contributed by atoms with Gasteiger partial charge in [0, 0.05) is 36.7 Å². The van der Waals surface area contributed by atoms with Crippen molar-refractivity contribution in [3.8, 4) is 11.3 Å². The number of halogens is 2. The van der Waals surface area contributed by atoms with Gasteiger partial charge in [0.2, 0.25) is 5.91 Å². The second-order valence-corrected chi connectivity index (χ2v) is 6.72. The highest BCUT2D eigenvalue weighted by Crippen LogP contribution is 2.24. The van der Waals surface area contributed by atoms with Crippen molar-refractivity contribution in [3.05, 3.63) is 65.4 Å². The molecule has 4 rings (SSSR count). The van der Waals surface area contributed by atoms with Crippen LogP contribution in [0.15, 0.2) is 46.6 Å². The van der Waals surface area contributed by atoms with E-state index in [4.69, 9.17) is 4.42 Å². The predicted octanol–water partition coefficient (Wildman–Crippen LogP) is 3.58. The molecule has 0 unspecified atom stereocenters. The molecule has 1 amide bonds. The van der Waals surface area contributed by atoms with E-state index in [2.05, 4.69) is 15.3 Å². The molecule has 1 aromatic carbocycles. The number of thiazole rings is 1. The zero-order chi connectivity index (χ0) is 18.8. The SMILES string of the molecule is O=C(CCc1ncc(-c2ccc(F)cc2F)o1)NCc1cn2ccsc2n1. The summed E-state index contributed by atoms with van der Waals surface area (Å²) in [7, 11) is 0. The van der Waals surface area contributed by atoms with Crippen LogP contribution >= 0.6 is 11.3 Å². The molecule has 138 valence electrons. The molecule has 0 bridgehead atoms. The lowest BCUT2D eigenvalue weighted by Crippen LogP contribution is -2.23. The molecular weight excluding hydrogens is 374 g/mol. The largest absolute Gasteiger partial charge is 0.441 e. The molecule has 0 spiro atoms. The third-order valence-electron chi connectivity index (χ3n) is 3.93. The van der Waals surface area contributed by atoms with Crippen LogP contribution in [0.25, 0.3) is 16.3 Å². The Morgan fingerprint density at radius 3 is 3.04 bits per heavy atom. The van der Waals surface area contributed by atoms with Gasteiger partial charge in [-0.2, -0.15) is 0 Å². The number of carbonyl (C=O) groups is 1. The molecule has 6 nitrogen and oxygen atoms in total. The van der Waals surface area contributed by atoms with Gasteiger partial charge < -0.3 is 9.73 Å². The fraction of sp³-hybridized carbons (Fsp3) is 0.167. The van der Waals surface area contributed by atoms with Crippen molar-refractivity contribution in [2.24, 2.45) is 0 Å². The fourth-order valence-corrected chi connectivity index (χ4v) is 3.32. The second-order valence-electron chi connectivity index (χ2n) is 5.84. The number of imidazole rings is 1. The highest BCUT2D eigenvalue weighted by Gasteiger charge is 2.13. The van der Waals surface area contributed by atoms with Crippen LogP contribution in [-0.2, 0) is 17.8 Å². The standard InChI is InChI=1S/C18H14F2N4O2S/c19-11-1-2-13(14(20)7-11)15-9-22-17(26-15)4-3-16(25)21-8-12-10-24-5-6-27-18(24)23-12/h1-2,5-7,9-10H,3-4,8H2,(H,21,25). The van der Waals surface area contributed by atoms with Crippen LogP contribution in [0.1, 0.15) is 18.0 Å². The molecule has 9 heteroatoms. The van der Waals surface area contributed by atoms with Crippen LogP contribution in [-0.4, -0.2) is 20.3 Å². The summed E-state index contributed by atoms with van der Waals surface area (Å²) in [4.78, 5) is 21.3. The molecule has 0 radical (unpaired) electrons. The number of carbonyl (C=O) groups excluding carboxylic acids is 1. The monoisotopic (exact) mass is 388 g/mol. The summed E-state index contributed by atoms with van der Waals surface area (Å²) in [5.74, 6) is -1.05. The van der Waals surface area contributed by atoms with Crippen LogP contribution < -0.4 is 5.32 Å². The minimum Gasteiger partial charge on any atom is -0.441 e. The maximum Gasteiger partial charge on any atom is 0.220 e. The average Bonchev–Trinajstić information content (AvgIpc) is 3.34. The van der Waals surface area contributed by atoms with Crippen molar-refractivity contribution in [2.45, 2.75) is 19.4 Å². The number of benzene rings is 1. The Morgan fingerprint density at radius 2 is 2.22 bits per heavy atom. The van der Waals surface area contributed by atoms with Gasteiger partial charge in [0.1, 0.15) is 11.6 Å². The number of hydrogen-bond acceptors (Lipinski definition) is 5. The quantitative estimate of drug-likeness (QED) is 0.548. The van der Waals surface area contributed by atoms with Crippen molar-refractivity contribution in [1.29, 1.82) is 0 Å². The lowest BCUT2D eigenvalue weighted by Gasteiger charge is -2.02. The summed E-state index contributed by atoms with van der Waals surface area (Å²) in [5.41, 5.74) is 0.903. The Morgan fingerprint density at radius 1 is 1.33 bits per heavy atom. The number of aryl methyl sites for hydroxylation is 1. The molecule has 0 fully saturated rings. The summed E-state index contributed by atoms with van der Waals surface area (Å²) in [6.07, 6.45) is 5.58. The van der Waals surface area contributed by atoms with E-state index in [-0.39, 0.29) is 30.1 Å². The number of nitrogens with zero attached hydrogens (tertiary/aromatic N) is 3. The van der Waals surface area contributed by atoms with E-state index in [1.807, 2.05) is 22.2 Å². The van der Waals surface area contributed by atoms with Crippen LogP contribution in [0, 0.1) is 11.6 Å². The van der Waals surface area contributed by atoms with Gasteiger partial charge in [-0.15, -0.1) is 11.3 Å². The average molecular weight is 388 g/mol. The number of nitrogens with one attached hydrogen (secondary N) is 1. The van der Waals surface area contributed by atoms with E-state index < -0.39 is 11.6 Å². The molecule has 0 aliphatic carbocycles. The molecule has 4 aromatic rings. The first kappa shape index (κ1) is 17.3. The maximum absolute atomic E-state index is 13.8. The first-order chi connectivity index (χ1) is 13.1. The molecule has 3 heterocycles. The molecule has 0 saturated heterocycles. The Hall–Kier alpha value is -3.07. The van der Waals surface area contributed by atoms with E-state index in [0.717, 1.165) is 22.8 Å². The summed E-state index contributed by atoms with van der Waals surface area (Å²) in [6.45, 7) is 0.338. The smallest absolute Gasteiger partial charge is 0.220 e. The van der Waals surface area contributed by atoms with Crippen molar-refractivity contribution in [1.82, 2.24) is 19.7 Å². The number of amides is 1. The molecular formula is C18H14F2N4O2S. The highest BCUT2D eigenvalue weighted by molar-refractivity contribution is 7.15. The van der Waals surface area contributed by atoms with Crippen LogP contribution in [0.5, 0.6) is 0 Å². The van der Waals surface area contributed by atoms with Gasteiger partial charge >= 0.3 is 0 Å². The van der Waals surface area contributed by atoms with E-state index in [1.54, 1.807) is 0 Å². The Balaban J connectivity index is 1.31. The van der Waals surface area contributed by atoms with Gasteiger partial charge in [-0.3, -0.25) is 9.20 Å². The predicted molar refractivity (Wildman–Crippen MR) is 95.1 cm³/mol. The first-order valence-corrected chi connectivity index (χ1v) is 9.04. The van der Waals surface area contributed by atoms with Crippen molar-refractivity contribution >= 4 is 22.2 Å². The van der Waals surface area contributed by atoms with Crippen molar-refractivity contribution in [3.63, 3.8) is 0 Å². The van der Waals surface area contributed by atoms with Crippen molar-refractivity contribution < 1.29 is 18.0 Å². The number of aromatic nitrogens is 3.